The predicted molar refractivity (Wildman–Crippen MR) is 82.8 cm³/mol. The summed E-state index contributed by atoms with van der Waals surface area (Å²) >= 11 is 0. The third-order valence-electron chi connectivity index (χ3n) is 3.28. The van der Waals surface area contributed by atoms with Gasteiger partial charge in [0.15, 0.2) is 0 Å². The Bertz CT molecular complexity index is 750. The highest BCUT2D eigenvalue weighted by atomic mass is 32.2. The van der Waals surface area contributed by atoms with Crippen molar-refractivity contribution in [3.8, 4) is 0 Å². The van der Waals surface area contributed by atoms with E-state index in [4.69, 9.17) is 0 Å². The SMILES string of the molecule is CNCc1c(S(=O)(=O)Nc2cc(C)ccc2C)n[nH]c1C. The van der Waals surface area contributed by atoms with Crippen molar-refractivity contribution in [2.45, 2.75) is 32.3 Å². The number of sulfonamides is 1. The lowest BCUT2D eigenvalue weighted by Gasteiger charge is -2.11. The number of hydrogen-bond acceptors (Lipinski definition) is 4. The van der Waals surface area contributed by atoms with E-state index in [9.17, 15) is 8.42 Å². The fraction of sp³-hybridized carbons (Fsp3) is 0.357. The first-order valence-corrected chi connectivity index (χ1v) is 8.12. The van der Waals surface area contributed by atoms with Gasteiger partial charge in [0.2, 0.25) is 5.03 Å². The zero-order valence-electron chi connectivity index (χ0n) is 12.6. The molecule has 0 saturated carbocycles. The summed E-state index contributed by atoms with van der Waals surface area (Å²) in [6.07, 6.45) is 0. The van der Waals surface area contributed by atoms with Gasteiger partial charge in [-0.05, 0) is 45.0 Å². The summed E-state index contributed by atoms with van der Waals surface area (Å²) in [6, 6.07) is 5.64. The predicted octanol–water partition coefficient (Wildman–Crippen LogP) is 1.86. The summed E-state index contributed by atoms with van der Waals surface area (Å²) in [7, 11) is -1.95. The third kappa shape index (κ3) is 3.25. The summed E-state index contributed by atoms with van der Waals surface area (Å²) in [5.41, 5.74) is 3.82. The Morgan fingerprint density at radius 3 is 2.62 bits per heavy atom. The largest absolute Gasteiger partial charge is 0.316 e. The summed E-state index contributed by atoms with van der Waals surface area (Å²) in [6.45, 7) is 6.02. The molecule has 0 aliphatic carbocycles. The van der Waals surface area contributed by atoms with Crippen LogP contribution in [-0.2, 0) is 16.6 Å². The molecule has 0 atom stereocenters. The number of nitrogens with one attached hydrogen (secondary N) is 3. The van der Waals surface area contributed by atoms with E-state index in [2.05, 4.69) is 20.2 Å². The highest BCUT2D eigenvalue weighted by Crippen LogP contribution is 2.23. The standard InChI is InChI=1S/C14H20N4O2S/c1-9-5-6-10(2)13(7-9)18-21(19,20)14-12(8-15-4)11(3)16-17-14/h5-7,15,18H,8H2,1-4H3,(H,16,17). The molecule has 0 fully saturated rings. The molecule has 0 aliphatic heterocycles. The van der Waals surface area contributed by atoms with Gasteiger partial charge in [0.25, 0.3) is 10.0 Å². The van der Waals surface area contributed by atoms with E-state index in [-0.39, 0.29) is 5.03 Å². The fourth-order valence-electron chi connectivity index (χ4n) is 2.08. The number of nitrogens with zero attached hydrogens (tertiary/aromatic N) is 1. The van der Waals surface area contributed by atoms with Gasteiger partial charge < -0.3 is 5.32 Å². The highest BCUT2D eigenvalue weighted by Gasteiger charge is 2.24. The average molecular weight is 308 g/mol. The molecule has 3 N–H and O–H groups in total. The molecule has 6 nitrogen and oxygen atoms in total. The monoisotopic (exact) mass is 308 g/mol. The molecule has 0 spiro atoms. The van der Waals surface area contributed by atoms with Crippen LogP contribution in [0.4, 0.5) is 5.69 Å². The van der Waals surface area contributed by atoms with E-state index in [1.54, 1.807) is 14.0 Å². The van der Waals surface area contributed by atoms with Gasteiger partial charge in [0.05, 0.1) is 5.69 Å². The zero-order chi connectivity index (χ0) is 15.6. The van der Waals surface area contributed by atoms with Gasteiger partial charge in [-0.25, -0.2) is 0 Å². The summed E-state index contributed by atoms with van der Waals surface area (Å²) in [5, 5.41) is 9.66. The lowest BCUT2D eigenvalue weighted by molar-refractivity contribution is 0.595. The Labute approximate surface area is 125 Å². The average Bonchev–Trinajstić information content (AvgIpc) is 2.77. The Kier molecular flexibility index (Phi) is 4.34. The molecule has 2 aromatic rings. The molecule has 21 heavy (non-hydrogen) atoms. The van der Waals surface area contributed by atoms with Gasteiger partial charge in [0, 0.05) is 17.8 Å². The van der Waals surface area contributed by atoms with Crippen LogP contribution < -0.4 is 10.0 Å². The van der Waals surface area contributed by atoms with E-state index >= 15 is 0 Å². The second kappa shape index (κ2) is 5.87. The van der Waals surface area contributed by atoms with Crippen molar-refractivity contribution in [1.29, 1.82) is 0 Å². The van der Waals surface area contributed by atoms with E-state index < -0.39 is 10.0 Å². The molecule has 0 amide bonds. The lowest BCUT2D eigenvalue weighted by Crippen LogP contribution is -2.18. The van der Waals surface area contributed by atoms with Crippen molar-refractivity contribution in [1.82, 2.24) is 15.5 Å². The maximum absolute atomic E-state index is 12.6. The molecule has 114 valence electrons. The molecule has 2 rings (SSSR count). The third-order valence-corrected chi connectivity index (χ3v) is 4.62. The number of hydrogen-bond donors (Lipinski definition) is 3. The van der Waals surface area contributed by atoms with Crippen LogP contribution in [0.1, 0.15) is 22.4 Å². The van der Waals surface area contributed by atoms with Crippen LogP contribution in [-0.4, -0.2) is 25.7 Å². The van der Waals surface area contributed by atoms with Crippen LogP contribution >= 0.6 is 0 Å². The maximum atomic E-state index is 12.6. The van der Waals surface area contributed by atoms with Gasteiger partial charge in [-0.15, -0.1) is 0 Å². The number of anilines is 1. The van der Waals surface area contributed by atoms with Crippen molar-refractivity contribution < 1.29 is 8.42 Å². The van der Waals surface area contributed by atoms with Crippen LogP contribution in [0.3, 0.4) is 0 Å². The summed E-state index contributed by atoms with van der Waals surface area (Å²) in [4.78, 5) is 0. The highest BCUT2D eigenvalue weighted by molar-refractivity contribution is 7.92. The molecule has 1 heterocycles. The Morgan fingerprint density at radius 1 is 1.24 bits per heavy atom. The molecule has 1 aromatic heterocycles. The second-order valence-corrected chi connectivity index (χ2v) is 6.68. The Balaban J connectivity index is 2.41. The topological polar surface area (TPSA) is 86.9 Å². The minimum Gasteiger partial charge on any atom is -0.316 e. The molecule has 0 aliphatic rings. The Morgan fingerprint density at radius 2 is 1.95 bits per heavy atom. The second-order valence-electron chi connectivity index (χ2n) is 5.09. The minimum atomic E-state index is -3.72. The van der Waals surface area contributed by atoms with Crippen LogP contribution in [0.25, 0.3) is 0 Å². The summed E-state index contributed by atoms with van der Waals surface area (Å²) in [5.74, 6) is 0. The van der Waals surface area contributed by atoms with Crippen molar-refractivity contribution >= 4 is 15.7 Å². The fourth-order valence-corrected chi connectivity index (χ4v) is 3.40. The van der Waals surface area contributed by atoms with Crippen molar-refractivity contribution in [3.05, 3.63) is 40.6 Å². The number of aryl methyl sites for hydroxylation is 3. The Hall–Kier alpha value is -1.86. The molecule has 0 radical (unpaired) electrons. The van der Waals surface area contributed by atoms with Gasteiger partial charge in [0.1, 0.15) is 0 Å². The molecule has 7 heteroatoms. The van der Waals surface area contributed by atoms with E-state index in [1.165, 1.54) is 0 Å². The first kappa shape index (κ1) is 15.5. The van der Waals surface area contributed by atoms with E-state index in [0.29, 0.717) is 17.8 Å². The minimum absolute atomic E-state index is 0.0373. The van der Waals surface area contributed by atoms with E-state index in [1.807, 2.05) is 32.0 Å². The summed E-state index contributed by atoms with van der Waals surface area (Å²) < 4.78 is 27.7. The van der Waals surface area contributed by atoms with Crippen molar-refractivity contribution in [3.63, 3.8) is 0 Å². The first-order chi connectivity index (χ1) is 9.85. The number of aromatic nitrogens is 2. The molecule has 0 saturated heterocycles. The number of benzene rings is 1. The molecular weight excluding hydrogens is 288 g/mol. The van der Waals surface area contributed by atoms with Gasteiger partial charge in [-0.3, -0.25) is 9.82 Å². The molecule has 0 bridgehead atoms. The smallest absolute Gasteiger partial charge is 0.281 e. The van der Waals surface area contributed by atoms with Crippen molar-refractivity contribution in [2.24, 2.45) is 0 Å². The number of H-pyrrole nitrogens is 1. The molecule has 1 aromatic carbocycles. The van der Waals surface area contributed by atoms with Gasteiger partial charge >= 0.3 is 0 Å². The van der Waals surface area contributed by atoms with Crippen LogP contribution in [0, 0.1) is 20.8 Å². The van der Waals surface area contributed by atoms with Crippen LogP contribution in [0.15, 0.2) is 23.2 Å². The van der Waals surface area contributed by atoms with E-state index in [0.717, 1.165) is 16.8 Å². The molecular formula is C14H20N4O2S. The van der Waals surface area contributed by atoms with Crippen LogP contribution in [0.2, 0.25) is 0 Å². The van der Waals surface area contributed by atoms with Crippen molar-refractivity contribution in [2.75, 3.05) is 11.8 Å². The maximum Gasteiger partial charge on any atom is 0.281 e. The van der Waals surface area contributed by atoms with Gasteiger partial charge in [-0.1, -0.05) is 12.1 Å². The van der Waals surface area contributed by atoms with Gasteiger partial charge in [-0.2, -0.15) is 13.5 Å². The zero-order valence-corrected chi connectivity index (χ0v) is 13.4. The quantitative estimate of drug-likeness (QED) is 0.787. The normalized spacial score (nSPS) is 11.6. The number of rotatable bonds is 5. The molecule has 0 unspecified atom stereocenters. The first-order valence-electron chi connectivity index (χ1n) is 6.63. The lowest BCUT2D eigenvalue weighted by atomic mass is 10.1. The van der Waals surface area contributed by atoms with Crippen LogP contribution in [0.5, 0.6) is 0 Å². The number of aromatic amines is 1.